The lowest BCUT2D eigenvalue weighted by Gasteiger charge is -2.34. The molecule has 5 rings (SSSR count). The van der Waals surface area contributed by atoms with E-state index in [-0.39, 0.29) is 11.7 Å². The Hall–Kier alpha value is -3.29. The lowest BCUT2D eigenvalue weighted by molar-refractivity contribution is 0.0628. The quantitative estimate of drug-likeness (QED) is 0.448. The summed E-state index contributed by atoms with van der Waals surface area (Å²) in [5, 5.41) is 5.51. The third-order valence-electron chi connectivity index (χ3n) is 6.02. The van der Waals surface area contributed by atoms with Gasteiger partial charge in [0, 0.05) is 38.9 Å². The predicted octanol–water partition coefficient (Wildman–Crippen LogP) is 4.48. The molecule has 168 valence electrons. The topological polar surface area (TPSA) is 54.3 Å². The van der Waals surface area contributed by atoms with E-state index in [2.05, 4.69) is 27.1 Å². The van der Waals surface area contributed by atoms with E-state index in [1.807, 2.05) is 30.0 Å². The fourth-order valence-electron chi connectivity index (χ4n) is 4.24. The normalized spacial score (nSPS) is 14.7. The van der Waals surface area contributed by atoms with E-state index < -0.39 is 0 Å². The third kappa shape index (κ3) is 4.21. The summed E-state index contributed by atoms with van der Waals surface area (Å²) in [5.74, 6) is -0.447. The van der Waals surface area contributed by atoms with Gasteiger partial charge in [0.1, 0.15) is 5.82 Å². The van der Waals surface area contributed by atoms with Crippen molar-refractivity contribution in [2.75, 3.05) is 26.2 Å². The van der Waals surface area contributed by atoms with E-state index in [1.54, 1.807) is 16.8 Å². The van der Waals surface area contributed by atoms with Crippen molar-refractivity contribution in [3.05, 3.63) is 88.5 Å². The molecule has 33 heavy (non-hydrogen) atoms. The zero-order chi connectivity index (χ0) is 22.9. The smallest absolute Gasteiger partial charge is 0.257 e. The number of hydrogen-bond donors (Lipinski definition) is 0. The van der Waals surface area contributed by atoms with E-state index in [0.717, 1.165) is 19.6 Å². The molecule has 1 aliphatic rings. The first-order valence-corrected chi connectivity index (χ1v) is 11.2. The largest absolute Gasteiger partial charge is 0.336 e. The van der Waals surface area contributed by atoms with Gasteiger partial charge in [-0.3, -0.25) is 9.69 Å². The van der Waals surface area contributed by atoms with E-state index in [4.69, 9.17) is 11.6 Å². The van der Waals surface area contributed by atoms with Crippen LogP contribution in [0.2, 0.25) is 5.02 Å². The van der Waals surface area contributed by atoms with Gasteiger partial charge in [0.15, 0.2) is 5.65 Å². The number of nitrogens with zero attached hydrogens (tertiary/aromatic N) is 5. The van der Waals surface area contributed by atoms with Crippen molar-refractivity contribution in [3.8, 4) is 5.69 Å². The number of fused-ring (bicyclic) bond motifs is 1. The van der Waals surface area contributed by atoms with Crippen LogP contribution in [0.5, 0.6) is 0 Å². The number of aromatic nitrogens is 3. The van der Waals surface area contributed by atoms with Crippen molar-refractivity contribution in [2.24, 2.45) is 0 Å². The van der Waals surface area contributed by atoms with Crippen LogP contribution in [0.1, 0.15) is 21.6 Å². The van der Waals surface area contributed by atoms with Crippen LogP contribution in [0.4, 0.5) is 4.39 Å². The summed E-state index contributed by atoms with van der Waals surface area (Å²) in [7, 11) is 0. The van der Waals surface area contributed by atoms with Crippen LogP contribution in [-0.2, 0) is 6.54 Å². The molecule has 0 N–H and O–H groups in total. The predicted molar refractivity (Wildman–Crippen MR) is 126 cm³/mol. The third-order valence-corrected chi connectivity index (χ3v) is 6.41. The molecule has 0 saturated carbocycles. The molecule has 0 radical (unpaired) electrons. The van der Waals surface area contributed by atoms with Gasteiger partial charge in [0.05, 0.1) is 27.4 Å². The number of benzene rings is 2. The van der Waals surface area contributed by atoms with Gasteiger partial charge in [-0.1, -0.05) is 41.9 Å². The van der Waals surface area contributed by atoms with Crippen molar-refractivity contribution in [1.82, 2.24) is 24.6 Å². The molecule has 2 aromatic carbocycles. The van der Waals surface area contributed by atoms with Crippen LogP contribution < -0.4 is 0 Å². The van der Waals surface area contributed by atoms with Crippen LogP contribution in [0, 0.1) is 12.7 Å². The Bertz CT molecular complexity index is 1300. The minimum atomic E-state index is -0.324. The summed E-state index contributed by atoms with van der Waals surface area (Å²) in [5.41, 5.74) is 3.51. The average Bonchev–Trinajstić information content (AvgIpc) is 3.18. The van der Waals surface area contributed by atoms with E-state index in [0.29, 0.717) is 46.1 Å². The van der Waals surface area contributed by atoms with Crippen LogP contribution in [-0.4, -0.2) is 56.7 Å². The molecular formula is C25H23ClFN5O. The van der Waals surface area contributed by atoms with Crippen LogP contribution in [0.25, 0.3) is 16.7 Å². The van der Waals surface area contributed by atoms with Crippen molar-refractivity contribution in [3.63, 3.8) is 0 Å². The molecule has 1 fully saturated rings. The molecule has 4 aromatic rings. The second-order valence-electron chi connectivity index (χ2n) is 8.21. The van der Waals surface area contributed by atoms with Crippen LogP contribution in [0.15, 0.2) is 60.8 Å². The fourth-order valence-corrected chi connectivity index (χ4v) is 4.59. The van der Waals surface area contributed by atoms with Gasteiger partial charge < -0.3 is 4.90 Å². The number of pyridine rings is 1. The molecule has 0 bridgehead atoms. The number of aryl methyl sites for hydroxylation is 1. The maximum atomic E-state index is 13.3. The lowest BCUT2D eigenvalue weighted by atomic mass is 10.1. The Morgan fingerprint density at radius 1 is 1.03 bits per heavy atom. The highest BCUT2D eigenvalue weighted by molar-refractivity contribution is 6.38. The van der Waals surface area contributed by atoms with Gasteiger partial charge in [-0.05, 0) is 36.8 Å². The summed E-state index contributed by atoms with van der Waals surface area (Å²) in [6.07, 6.45) is 1.52. The number of amides is 1. The summed E-state index contributed by atoms with van der Waals surface area (Å²) < 4.78 is 14.9. The van der Waals surface area contributed by atoms with Gasteiger partial charge in [-0.15, -0.1) is 0 Å². The van der Waals surface area contributed by atoms with Gasteiger partial charge >= 0.3 is 0 Å². The first kappa shape index (κ1) is 21.6. The van der Waals surface area contributed by atoms with Crippen LogP contribution in [0.3, 0.4) is 0 Å². The SMILES string of the molecule is Cc1nn(-c2ccc(F)cc2)c2ncc(C(=O)N3CCN(Cc4ccccc4)CC3)c(Cl)c12. The Labute approximate surface area is 196 Å². The summed E-state index contributed by atoms with van der Waals surface area (Å²) in [4.78, 5) is 22.0. The van der Waals surface area contributed by atoms with E-state index >= 15 is 0 Å². The van der Waals surface area contributed by atoms with Crippen molar-refractivity contribution in [1.29, 1.82) is 0 Å². The molecule has 2 aromatic heterocycles. The average molecular weight is 464 g/mol. The zero-order valence-corrected chi connectivity index (χ0v) is 19.0. The highest BCUT2D eigenvalue weighted by atomic mass is 35.5. The summed E-state index contributed by atoms with van der Waals surface area (Å²) in [6, 6.07) is 16.3. The first-order chi connectivity index (χ1) is 16.0. The molecule has 8 heteroatoms. The van der Waals surface area contributed by atoms with E-state index in [9.17, 15) is 9.18 Å². The van der Waals surface area contributed by atoms with Gasteiger partial charge in [-0.2, -0.15) is 5.10 Å². The Morgan fingerprint density at radius 3 is 2.42 bits per heavy atom. The van der Waals surface area contributed by atoms with Crippen molar-refractivity contribution < 1.29 is 9.18 Å². The number of halogens is 2. The number of hydrogen-bond acceptors (Lipinski definition) is 4. The van der Waals surface area contributed by atoms with E-state index in [1.165, 1.54) is 23.9 Å². The second-order valence-corrected chi connectivity index (χ2v) is 8.59. The maximum absolute atomic E-state index is 13.3. The maximum Gasteiger partial charge on any atom is 0.257 e. The highest BCUT2D eigenvalue weighted by Crippen LogP contribution is 2.31. The molecule has 6 nitrogen and oxygen atoms in total. The number of rotatable bonds is 4. The summed E-state index contributed by atoms with van der Waals surface area (Å²) in [6.45, 7) is 5.57. The molecule has 0 unspecified atom stereocenters. The molecule has 1 aliphatic heterocycles. The standard InChI is InChI=1S/C25H23ClFN5O/c1-17-22-23(26)21(15-28-24(22)32(29-17)20-9-7-19(27)8-10-20)25(33)31-13-11-30(12-14-31)16-18-5-3-2-4-6-18/h2-10,15H,11-14,16H2,1H3. The number of carbonyl (C=O) groups excluding carboxylic acids is 1. The molecule has 0 aliphatic carbocycles. The van der Waals surface area contributed by atoms with Crippen molar-refractivity contribution in [2.45, 2.75) is 13.5 Å². The summed E-state index contributed by atoms with van der Waals surface area (Å²) >= 11 is 6.71. The highest BCUT2D eigenvalue weighted by Gasteiger charge is 2.26. The number of piperazine rings is 1. The minimum absolute atomic E-state index is 0.123. The fraction of sp³-hybridized carbons (Fsp3) is 0.240. The monoisotopic (exact) mass is 463 g/mol. The Kier molecular flexibility index (Phi) is 5.83. The molecule has 1 amide bonds. The first-order valence-electron chi connectivity index (χ1n) is 10.9. The lowest BCUT2D eigenvalue weighted by Crippen LogP contribution is -2.48. The Morgan fingerprint density at radius 2 is 1.73 bits per heavy atom. The van der Waals surface area contributed by atoms with Gasteiger partial charge in [0.25, 0.3) is 5.91 Å². The molecule has 3 heterocycles. The molecule has 1 saturated heterocycles. The van der Waals surface area contributed by atoms with Crippen LogP contribution >= 0.6 is 11.6 Å². The molecular weight excluding hydrogens is 441 g/mol. The zero-order valence-electron chi connectivity index (χ0n) is 18.2. The minimum Gasteiger partial charge on any atom is -0.336 e. The second kappa shape index (κ2) is 8.92. The Balaban J connectivity index is 1.36. The van der Waals surface area contributed by atoms with Gasteiger partial charge in [0.2, 0.25) is 0 Å². The number of carbonyl (C=O) groups is 1. The van der Waals surface area contributed by atoms with Gasteiger partial charge in [-0.25, -0.2) is 14.1 Å². The van der Waals surface area contributed by atoms with Crippen molar-refractivity contribution >= 4 is 28.5 Å². The molecule has 0 atom stereocenters. The molecule has 0 spiro atoms.